The first kappa shape index (κ1) is 17.7. The van der Waals surface area contributed by atoms with E-state index in [1.807, 2.05) is 6.92 Å². The van der Waals surface area contributed by atoms with Gasteiger partial charge in [-0.15, -0.1) is 0 Å². The maximum absolute atomic E-state index is 12.8. The Hall–Kier alpha value is -1.70. The number of unbranched alkanes of at least 4 members (excludes halogenated alkanes) is 1. The number of amides is 1. The zero-order valence-corrected chi connectivity index (χ0v) is 13.7. The normalized spacial score (nSPS) is 11.9. The van der Waals surface area contributed by atoms with Gasteiger partial charge in [-0.1, -0.05) is 31.2 Å². The van der Waals surface area contributed by atoms with Gasteiger partial charge in [0.15, 0.2) is 10.9 Å². The van der Waals surface area contributed by atoms with E-state index < -0.39 is 18.6 Å². The van der Waals surface area contributed by atoms with Crippen molar-refractivity contribution in [1.29, 1.82) is 0 Å². The molecule has 0 aliphatic carbocycles. The van der Waals surface area contributed by atoms with E-state index >= 15 is 0 Å². The fraction of sp³-hybridized carbons (Fsp3) is 0.467. The molecule has 8 heteroatoms. The van der Waals surface area contributed by atoms with Crippen molar-refractivity contribution in [2.75, 3.05) is 19.3 Å². The number of carbonyl (C=O) groups is 1. The second-order valence-corrected chi connectivity index (χ2v) is 5.87. The summed E-state index contributed by atoms with van der Waals surface area (Å²) >= 11 is 1.34. The molecular weight excluding hydrogens is 327 g/mol. The lowest BCUT2D eigenvalue weighted by molar-refractivity contribution is -0.140. The van der Waals surface area contributed by atoms with Crippen LogP contribution in [0.25, 0.3) is 5.52 Å². The third kappa shape index (κ3) is 4.19. The number of thioether (sulfide) groups is 1. The third-order valence-corrected chi connectivity index (χ3v) is 3.99. The molecule has 1 amide bonds. The van der Waals surface area contributed by atoms with Gasteiger partial charge in [-0.3, -0.25) is 9.20 Å². The Labute approximate surface area is 136 Å². The Morgan fingerprint density at radius 2 is 2.13 bits per heavy atom. The fourth-order valence-electron chi connectivity index (χ4n) is 2.28. The molecule has 2 aromatic heterocycles. The molecule has 0 atom stereocenters. The molecule has 23 heavy (non-hydrogen) atoms. The van der Waals surface area contributed by atoms with Gasteiger partial charge in [-0.05, 0) is 24.8 Å². The molecule has 0 aromatic carbocycles. The van der Waals surface area contributed by atoms with Gasteiger partial charge in [0.2, 0.25) is 0 Å². The van der Waals surface area contributed by atoms with Gasteiger partial charge in [0.05, 0.1) is 5.52 Å². The van der Waals surface area contributed by atoms with Crippen molar-refractivity contribution < 1.29 is 18.0 Å². The second-order valence-electron chi connectivity index (χ2n) is 5.10. The van der Waals surface area contributed by atoms with E-state index in [0.29, 0.717) is 23.5 Å². The summed E-state index contributed by atoms with van der Waals surface area (Å²) in [6.45, 7) is 0.676. The van der Waals surface area contributed by atoms with Gasteiger partial charge < -0.3 is 4.90 Å². The summed E-state index contributed by atoms with van der Waals surface area (Å²) in [5.41, 5.74) is 0.584. The molecule has 2 rings (SSSR count). The zero-order chi connectivity index (χ0) is 17.0. The fourth-order valence-corrected chi connectivity index (χ4v) is 2.82. The van der Waals surface area contributed by atoms with Crippen molar-refractivity contribution in [2.24, 2.45) is 0 Å². The average Bonchev–Trinajstić information content (AvgIpc) is 2.88. The smallest absolute Gasteiger partial charge is 0.328 e. The van der Waals surface area contributed by atoms with E-state index in [1.165, 1.54) is 11.8 Å². The lowest BCUT2D eigenvalue weighted by Gasteiger charge is -2.23. The van der Waals surface area contributed by atoms with E-state index in [2.05, 4.69) is 4.98 Å². The first-order valence-corrected chi connectivity index (χ1v) is 8.47. The molecule has 0 aliphatic heterocycles. The van der Waals surface area contributed by atoms with Gasteiger partial charge >= 0.3 is 6.18 Å². The van der Waals surface area contributed by atoms with Crippen LogP contribution >= 0.6 is 11.8 Å². The van der Waals surface area contributed by atoms with E-state index in [0.717, 1.165) is 4.90 Å². The minimum Gasteiger partial charge on any atom is -0.328 e. The molecule has 0 saturated heterocycles. The highest BCUT2D eigenvalue weighted by molar-refractivity contribution is 7.98. The van der Waals surface area contributed by atoms with Crippen LogP contribution < -0.4 is 0 Å². The Balaban J connectivity index is 2.39. The highest BCUT2D eigenvalue weighted by Gasteiger charge is 2.34. The van der Waals surface area contributed by atoms with Crippen LogP contribution in [0.3, 0.4) is 0 Å². The molecule has 2 heterocycles. The lowest BCUT2D eigenvalue weighted by atomic mass is 10.2. The largest absolute Gasteiger partial charge is 0.406 e. The number of fused-ring (bicyclic) bond motifs is 1. The number of hydrogen-bond donors (Lipinski definition) is 0. The predicted octanol–water partition coefficient (Wildman–Crippen LogP) is 3.86. The molecule has 0 unspecified atom stereocenters. The van der Waals surface area contributed by atoms with Crippen LogP contribution in [-0.2, 0) is 0 Å². The number of halogens is 3. The number of aromatic nitrogens is 2. The van der Waals surface area contributed by atoms with Gasteiger partial charge in [-0.25, -0.2) is 4.98 Å². The SMILES string of the molecule is CCCCN(CC(F)(F)F)C(=O)c1nc(SC)n2ccccc12. The Morgan fingerprint density at radius 1 is 1.39 bits per heavy atom. The van der Waals surface area contributed by atoms with Crippen LogP contribution in [0.4, 0.5) is 13.2 Å². The number of alkyl halides is 3. The molecule has 0 N–H and O–H groups in total. The minimum absolute atomic E-state index is 0.0648. The average molecular weight is 345 g/mol. The van der Waals surface area contributed by atoms with Crippen LogP contribution in [0.5, 0.6) is 0 Å². The van der Waals surface area contributed by atoms with Crippen molar-refractivity contribution in [3.8, 4) is 0 Å². The third-order valence-electron chi connectivity index (χ3n) is 3.34. The maximum atomic E-state index is 12.8. The standard InChI is InChI=1S/C15H18F3N3OS/c1-3-4-8-20(10-15(16,17)18)13(22)12-11-7-5-6-9-21(11)14(19-12)23-2/h5-7,9H,3-4,8,10H2,1-2H3. The molecule has 0 radical (unpaired) electrons. The molecular formula is C15H18F3N3OS. The molecule has 0 aliphatic rings. The number of hydrogen-bond acceptors (Lipinski definition) is 3. The highest BCUT2D eigenvalue weighted by atomic mass is 32.2. The quantitative estimate of drug-likeness (QED) is 0.746. The molecule has 0 saturated carbocycles. The molecule has 126 valence electrons. The van der Waals surface area contributed by atoms with Crippen LogP contribution in [0.2, 0.25) is 0 Å². The number of imidazole rings is 1. The summed E-state index contributed by atoms with van der Waals surface area (Å²) in [6.07, 6.45) is 0.345. The summed E-state index contributed by atoms with van der Waals surface area (Å²) in [7, 11) is 0. The van der Waals surface area contributed by atoms with Crippen molar-refractivity contribution in [3.05, 3.63) is 30.1 Å². The number of carbonyl (C=O) groups excluding carboxylic acids is 1. The van der Waals surface area contributed by atoms with Crippen LogP contribution in [0, 0.1) is 0 Å². The molecule has 4 nitrogen and oxygen atoms in total. The molecule has 0 spiro atoms. The summed E-state index contributed by atoms with van der Waals surface area (Å²) in [5.74, 6) is -0.681. The van der Waals surface area contributed by atoms with Crippen LogP contribution in [0.1, 0.15) is 30.3 Å². The second kappa shape index (κ2) is 7.25. The van der Waals surface area contributed by atoms with E-state index in [9.17, 15) is 18.0 Å². The van der Waals surface area contributed by atoms with Gasteiger partial charge in [0.25, 0.3) is 5.91 Å². The number of rotatable bonds is 6. The van der Waals surface area contributed by atoms with E-state index in [4.69, 9.17) is 0 Å². The summed E-state index contributed by atoms with van der Waals surface area (Å²) in [5, 5.41) is 0.575. The molecule has 0 bridgehead atoms. The number of nitrogens with zero attached hydrogens (tertiary/aromatic N) is 3. The monoisotopic (exact) mass is 345 g/mol. The van der Waals surface area contributed by atoms with E-state index in [1.54, 1.807) is 35.1 Å². The van der Waals surface area contributed by atoms with Crippen LogP contribution in [0.15, 0.2) is 29.6 Å². The van der Waals surface area contributed by atoms with Crippen molar-refractivity contribution in [1.82, 2.24) is 14.3 Å². The first-order chi connectivity index (χ1) is 10.9. The van der Waals surface area contributed by atoms with E-state index in [-0.39, 0.29) is 12.2 Å². The lowest BCUT2D eigenvalue weighted by Crippen LogP contribution is -2.39. The summed E-state index contributed by atoms with van der Waals surface area (Å²) in [6, 6.07) is 5.21. The van der Waals surface area contributed by atoms with Crippen molar-refractivity contribution in [2.45, 2.75) is 31.1 Å². The molecule has 2 aromatic rings. The molecule has 0 fully saturated rings. The van der Waals surface area contributed by atoms with Gasteiger partial charge in [0, 0.05) is 12.7 Å². The topological polar surface area (TPSA) is 37.6 Å². The van der Waals surface area contributed by atoms with Gasteiger partial charge in [-0.2, -0.15) is 13.2 Å². The maximum Gasteiger partial charge on any atom is 0.406 e. The summed E-state index contributed by atoms with van der Waals surface area (Å²) < 4.78 is 40.0. The minimum atomic E-state index is -4.43. The highest BCUT2D eigenvalue weighted by Crippen LogP contribution is 2.23. The Morgan fingerprint density at radius 3 is 2.74 bits per heavy atom. The first-order valence-electron chi connectivity index (χ1n) is 7.24. The Kier molecular flexibility index (Phi) is 5.56. The Bertz CT molecular complexity index is 684. The zero-order valence-electron chi connectivity index (χ0n) is 12.9. The predicted molar refractivity (Wildman–Crippen MR) is 83.8 cm³/mol. The van der Waals surface area contributed by atoms with Crippen LogP contribution in [-0.4, -0.2) is 45.7 Å². The summed E-state index contributed by atoms with van der Waals surface area (Å²) in [4.78, 5) is 17.7. The van der Waals surface area contributed by atoms with Gasteiger partial charge in [0.1, 0.15) is 6.54 Å². The van der Waals surface area contributed by atoms with Crippen molar-refractivity contribution >= 4 is 23.2 Å². The number of pyridine rings is 1. The van der Waals surface area contributed by atoms with Crippen molar-refractivity contribution in [3.63, 3.8) is 0 Å².